The van der Waals surface area contributed by atoms with Crippen molar-refractivity contribution in [1.82, 2.24) is 4.90 Å². The van der Waals surface area contributed by atoms with E-state index in [9.17, 15) is 4.79 Å². The van der Waals surface area contributed by atoms with Crippen LogP contribution in [0.1, 0.15) is 32.8 Å². The molecule has 0 heterocycles. The van der Waals surface area contributed by atoms with Gasteiger partial charge in [-0.3, -0.25) is 9.69 Å². The molecule has 1 N–H and O–H groups in total. The Morgan fingerprint density at radius 3 is 2.65 bits per heavy atom. The van der Waals surface area contributed by atoms with Crippen LogP contribution in [0.5, 0.6) is 5.75 Å². The van der Waals surface area contributed by atoms with Crippen LogP contribution in [0.15, 0.2) is 24.3 Å². The van der Waals surface area contributed by atoms with Gasteiger partial charge in [0.05, 0.1) is 13.2 Å². The smallest absolute Gasteiger partial charge is 0.317 e. The third-order valence-electron chi connectivity index (χ3n) is 3.06. The number of aliphatic carboxylic acids is 1. The lowest BCUT2D eigenvalue weighted by atomic mass is 9.87. The Morgan fingerprint density at radius 1 is 1.35 bits per heavy atom. The van der Waals surface area contributed by atoms with Crippen molar-refractivity contribution in [2.45, 2.75) is 32.6 Å². The summed E-state index contributed by atoms with van der Waals surface area (Å²) in [6.45, 7) is 7.90. The van der Waals surface area contributed by atoms with Crippen molar-refractivity contribution in [2.24, 2.45) is 0 Å². The van der Waals surface area contributed by atoms with Gasteiger partial charge in [0, 0.05) is 6.54 Å². The second-order valence-electron chi connectivity index (χ2n) is 6.11. The summed E-state index contributed by atoms with van der Waals surface area (Å²) in [6, 6.07) is 8.14. The summed E-state index contributed by atoms with van der Waals surface area (Å²) >= 11 is 0. The number of nitrogens with zero attached hydrogens (tertiary/aromatic N) is 1. The van der Waals surface area contributed by atoms with Gasteiger partial charge >= 0.3 is 5.97 Å². The SMILES string of the molecule is CN(CCCOc1cccc(C(C)(C)C)c1)CC(=O)O. The summed E-state index contributed by atoms with van der Waals surface area (Å²) < 4.78 is 5.72. The van der Waals surface area contributed by atoms with E-state index in [2.05, 4.69) is 32.9 Å². The summed E-state index contributed by atoms with van der Waals surface area (Å²) in [5.74, 6) is 0.0737. The molecule has 0 atom stereocenters. The molecule has 4 heteroatoms. The van der Waals surface area contributed by atoms with Crippen LogP contribution in [0.2, 0.25) is 0 Å². The van der Waals surface area contributed by atoms with E-state index in [-0.39, 0.29) is 12.0 Å². The molecule has 112 valence electrons. The lowest BCUT2D eigenvalue weighted by molar-refractivity contribution is -0.138. The Kier molecular flexibility index (Phi) is 6.02. The molecular weight excluding hydrogens is 254 g/mol. The second-order valence-corrected chi connectivity index (χ2v) is 6.11. The molecule has 1 aromatic carbocycles. The number of benzene rings is 1. The zero-order valence-electron chi connectivity index (χ0n) is 12.8. The fourth-order valence-corrected chi connectivity index (χ4v) is 1.89. The van der Waals surface area contributed by atoms with Crippen molar-refractivity contribution >= 4 is 5.97 Å². The van der Waals surface area contributed by atoms with Crippen molar-refractivity contribution in [3.8, 4) is 5.75 Å². The third-order valence-corrected chi connectivity index (χ3v) is 3.06. The largest absolute Gasteiger partial charge is 0.494 e. The molecule has 1 rings (SSSR count). The number of rotatable bonds is 7. The Balaban J connectivity index is 2.37. The van der Waals surface area contributed by atoms with Gasteiger partial charge in [-0.1, -0.05) is 32.9 Å². The van der Waals surface area contributed by atoms with Crippen LogP contribution in [0.25, 0.3) is 0 Å². The summed E-state index contributed by atoms with van der Waals surface area (Å²) in [4.78, 5) is 12.3. The number of hydrogen-bond acceptors (Lipinski definition) is 3. The third kappa shape index (κ3) is 6.06. The Morgan fingerprint density at radius 2 is 2.05 bits per heavy atom. The summed E-state index contributed by atoms with van der Waals surface area (Å²) in [7, 11) is 1.80. The van der Waals surface area contributed by atoms with E-state index in [4.69, 9.17) is 9.84 Å². The van der Waals surface area contributed by atoms with Crippen LogP contribution in [0, 0.1) is 0 Å². The van der Waals surface area contributed by atoms with E-state index in [1.165, 1.54) is 5.56 Å². The molecule has 4 nitrogen and oxygen atoms in total. The average molecular weight is 279 g/mol. The van der Waals surface area contributed by atoms with E-state index >= 15 is 0 Å². The van der Waals surface area contributed by atoms with Gasteiger partial charge in [-0.2, -0.15) is 0 Å². The maximum Gasteiger partial charge on any atom is 0.317 e. The quantitative estimate of drug-likeness (QED) is 0.780. The Bertz CT molecular complexity index is 438. The van der Waals surface area contributed by atoms with Gasteiger partial charge in [0.25, 0.3) is 0 Å². The van der Waals surface area contributed by atoms with E-state index in [0.29, 0.717) is 13.2 Å². The first-order valence-corrected chi connectivity index (χ1v) is 6.93. The van der Waals surface area contributed by atoms with E-state index in [1.807, 2.05) is 12.1 Å². The highest BCUT2D eigenvalue weighted by Gasteiger charge is 2.13. The van der Waals surface area contributed by atoms with Gasteiger partial charge < -0.3 is 9.84 Å². The molecule has 0 saturated heterocycles. The standard InChI is InChI=1S/C16H25NO3/c1-16(2,3)13-7-5-8-14(11-13)20-10-6-9-17(4)12-15(18)19/h5,7-8,11H,6,9-10,12H2,1-4H3,(H,18,19). The fraction of sp³-hybridized carbons (Fsp3) is 0.562. The number of carboxylic acid groups (broad SMARTS) is 1. The highest BCUT2D eigenvalue weighted by molar-refractivity contribution is 5.68. The van der Waals surface area contributed by atoms with E-state index in [1.54, 1.807) is 11.9 Å². The molecule has 0 saturated carbocycles. The van der Waals surface area contributed by atoms with Crippen molar-refractivity contribution in [2.75, 3.05) is 26.7 Å². The minimum absolute atomic E-state index is 0.0690. The predicted molar refractivity (Wildman–Crippen MR) is 80.4 cm³/mol. The van der Waals surface area contributed by atoms with Crippen molar-refractivity contribution in [1.29, 1.82) is 0 Å². The molecule has 0 unspecified atom stereocenters. The minimum atomic E-state index is -0.800. The van der Waals surface area contributed by atoms with Crippen LogP contribution in [-0.2, 0) is 10.2 Å². The first kappa shape index (κ1) is 16.5. The maximum atomic E-state index is 10.5. The summed E-state index contributed by atoms with van der Waals surface area (Å²) in [6.07, 6.45) is 0.809. The van der Waals surface area contributed by atoms with Crippen LogP contribution in [-0.4, -0.2) is 42.7 Å². The molecule has 0 spiro atoms. The molecule has 0 aliphatic carbocycles. The average Bonchev–Trinajstić information content (AvgIpc) is 2.33. The van der Waals surface area contributed by atoms with Gasteiger partial charge in [0.1, 0.15) is 5.75 Å². The molecule has 1 aromatic rings. The van der Waals surface area contributed by atoms with Crippen molar-refractivity contribution in [3.63, 3.8) is 0 Å². The molecule has 0 radical (unpaired) electrons. The summed E-state index contributed by atoms with van der Waals surface area (Å²) in [5, 5.41) is 8.65. The second kappa shape index (κ2) is 7.29. The zero-order valence-corrected chi connectivity index (χ0v) is 12.8. The molecule has 0 aliphatic rings. The number of ether oxygens (including phenoxy) is 1. The number of hydrogen-bond donors (Lipinski definition) is 1. The lowest BCUT2D eigenvalue weighted by Gasteiger charge is -2.20. The molecule has 20 heavy (non-hydrogen) atoms. The van der Waals surface area contributed by atoms with Gasteiger partial charge in [-0.05, 0) is 36.6 Å². The lowest BCUT2D eigenvalue weighted by Crippen LogP contribution is -2.27. The molecule has 0 aliphatic heterocycles. The minimum Gasteiger partial charge on any atom is -0.494 e. The van der Waals surface area contributed by atoms with Gasteiger partial charge in [-0.25, -0.2) is 0 Å². The molecule has 0 fully saturated rings. The van der Waals surface area contributed by atoms with E-state index in [0.717, 1.165) is 12.2 Å². The summed E-state index contributed by atoms with van der Waals surface area (Å²) in [5.41, 5.74) is 1.36. The molecule has 0 bridgehead atoms. The monoisotopic (exact) mass is 279 g/mol. The maximum absolute atomic E-state index is 10.5. The molecule has 0 amide bonds. The first-order valence-electron chi connectivity index (χ1n) is 6.93. The molecule has 0 aromatic heterocycles. The predicted octanol–water partition coefficient (Wildman–Crippen LogP) is 2.77. The Labute approximate surface area is 121 Å². The van der Waals surface area contributed by atoms with Crippen LogP contribution >= 0.6 is 0 Å². The topological polar surface area (TPSA) is 49.8 Å². The zero-order chi connectivity index (χ0) is 15.2. The highest BCUT2D eigenvalue weighted by Crippen LogP contribution is 2.25. The highest BCUT2D eigenvalue weighted by atomic mass is 16.5. The number of carboxylic acids is 1. The van der Waals surface area contributed by atoms with Gasteiger partial charge in [0.2, 0.25) is 0 Å². The van der Waals surface area contributed by atoms with Crippen LogP contribution < -0.4 is 4.74 Å². The molecular formula is C16H25NO3. The van der Waals surface area contributed by atoms with Crippen molar-refractivity contribution < 1.29 is 14.6 Å². The van der Waals surface area contributed by atoms with Crippen molar-refractivity contribution in [3.05, 3.63) is 29.8 Å². The van der Waals surface area contributed by atoms with Gasteiger partial charge in [-0.15, -0.1) is 0 Å². The van der Waals surface area contributed by atoms with E-state index < -0.39 is 5.97 Å². The van der Waals surface area contributed by atoms with Crippen LogP contribution in [0.3, 0.4) is 0 Å². The first-order chi connectivity index (χ1) is 9.29. The number of carbonyl (C=O) groups is 1. The van der Waals surface area contributed by atoms with Gasteiger partial charge in [0.15, 0.2) is 0 Å². The Hall–Kier alpha value is -1.55. The number of likely N-dealkylation sites (N-methyl/N-ethyl adjacent to an activating group) is 1. The fourth-order valence-electron chi connectivity index (χ4n) is 1.89. The van der Waals surface area contributed by atoms with Crippen LogP contribution in [0.4, 0.5) is 0 Å². The normalized spacial score (nSPS) is 11.7.